The first-order valence-electron chi connectivity index (χ1n) is 5.69. The maximum Gasteiger partial charge on any atom is 0.338 e. The number of ether oxygens (including phenoxy) is 1. The maximum absolute atomic E-state index is 11.7. The van der Waals surface area contributed by atoms with Crippen LogP contribution in [0.15, 0.2) is 24.3 Å². The Labute approximate surface area is 104 Å². The monoisotopic (exact) mass is 247 g/mol. The average Bonchev–Trinajstić information content (AvgIpc) is 2.90. The molecule has 1 aliphatic carbocycles. The van der Waals surface area contributed by atoms with E-state index in [0.717, 1.165) is 30.4 Å². The van der Waals surface area contributed by atoms with Crippen LogP contribution < -0.4 is 0 Å². The summed E-state index contributed by atoms with van der Waals surface area (Å²) in [7, 11) is 1.27. The Morgan fingerprint density at radius 1 is 1.44 bits per heavy atom. The normalized spacial score (nSPS) is 14.2. The van der Waals surface area contributed by atoms with E-state index in [0.29, 0.717) is 0 Å². The molecule has 0 spiro atoms. The lowest BCUT2D eigenvalue weighted by atomic mass is 9.98. The molecule has 0 saturated heterocycles. The minimum Gasteiger partial charge on any atom is -0.465 e. The van der Waals surface area contributed by atoms with Gasteiger partial charge in [0.25, 0.3) is 5.69 Å². The molecule has 0 unspecified atom stereocenters. The minimum atomic E-state index is -0.540. The highest BCUT2D eigenvalue weighted by Gasteiger charge is 2.20. The molecule has 0 aliphatic heterocycles. The van der Waals surface area contributed by atoms with Crippen LogP contribution >= 0.6 is 0 Å². The highest BCUT2D eigenvalue weighted by molar-refractivity contribution is 5.96. The van der Waals surface area contributed by atoms with Gasteiger partial charge in [-0.2, -0.15) is 0 Å². The second-order valence-corrected chi connectivity index (χ2v) is 4.10. The van der Waals surface area contributed by atoms with Crippen LogP contribution in [0.5, 0.6) is 0 Å². The van der Waals surface area contributed by atoms with Crippen molar-refractivity contribution in [3.63, 3.8) is 0 Å². The van der Waals surface area contributed by atoms with Crippen molar-refractivity contribution in [1.82, 2.24) is 0 Å². The van der Waals surface area contributed by atoms with Gasteiger partial charge in [0.15, 0.2) is 0 Å². The van der Waals surface area contributed by atoms with E-state index in [9.17, 15) is 14.9 Å². The van der Waals surface area contributed by atoms with E-state index in [1.165, 1.54) is 19.2 Å². The van der Waals surface area contributed by atoms with Gasteiger partial charge < -0.3 is 4.74 Å². The number of carbonyl (C=O) groups is 1. The molecule has 0 amide bonds. The first-order chi connectivity index (χ1) is 8.63. The molecular weight excluding hydrogens is 234 g/mol. The van der Waals surface area contributed by atoms with Gasteiger partial charge in [-0.05, 0) is 36.5 Å². The largest absolute Gasteiger partial charge is 0.465 e. The van der Waals surface area contributed by atoms with E-state index in [1.54, 1.807) is 6.07 Å². The van der Waals surface area contributed by atoms with Gasteiger partial charge in [0.1, 0.15) is 0 Å². The molecule has 5 nitrogen and oxygen atoms in total. The third kappa shape index (κ3) is 2.25. The summed E-state index contributed by atoms with van der Waals surface area (Å²) in [6.45, 7) is 0. The van der Waals surface area contributed by atoms with E-state index >= 15 is 0 Å². The van der Waals surface area contributed by atoms with Gasteiger partial charge >= 0.3 is 5.97 Å². The summed E-state index contributed by atoms with van der Waals surface area (Å²) in [6.07, 6.45) is 4.98. The number of hydrogen-bond acceptors (Lipinski definition) is 4. The number of nitro benzene ring substituents is 1. The predicted molar refractivity (Wildman–Crippen MR) is 66.3 cm³/mol. The Balaban J connectivity index is 2.51. The molecule has 1 aromatic rings. The molecule has 2 rings (SSSR count). The first-order valence-corrected chi connectivity index (χ1v) is 5.69. The van der Waals surface area contributed by atoms with Crippen molar-refractivity contribution in [2.24, 2.45) is 0 Å². The Bertz CT molecular complexity index is 534. The molecule has 0 bridgehead atoms. The number of methoxy groups -OCH3 is 1. The Hall–Kier alpha value is -2.17. The molecule has 0 heterocycles. The van der Waals surface area contributed by atoms with Crippen molar-refractivity contribution in [2.45, 2.75) is 19.3 Å². The summed E-state index contributed by atoms with van der Waals surface area (Å²) in [4.78, 5) is 21.9. The fraction of sp³-hybridized carbons (Fsp3) is 0.308. The van der Waals surface area contributed by atoms with Crippen LogP contribution in [-0.2, 0) is 4.74 Å². The molecule has 94 valence electrons. The van der Waals surface area contributed by atoms with E-state index in [2.05, 4.69) is 10.8 Å². The standard InChI is InChI=1S/C13H13NO4/c1-18-13(15)12-8-10(14(16)17)6-7-11(12)9-4-2-3-5-9/h4,6-8H,2-3,5H2,1H3. The van der Waals surface area contributed by atoms with E-state index in [4.69, 9.17) is 0 Å². The van der Waals surface area contributed by atoms with Gasteiger partial charge in [0.05, 0.1) is 17.6 Å². The van der Waals surface area contributed by atoms with Crippen LogP contribution in [0.1, 0.15) is 35.2 Å². The minimum absolute atomic E-state index is 0.0993. The quantitative estimate of drug-likeness (QED) is 0.467. The van der Waals surface area contributed by atoms with Crippen molar-refractivity contribution in [1.29, 1.82) is 0 Å². The SMILES string of the molecule is COC(=O)c1cc([N+](=O)[O-])ccc1C1=CCCC1. The van der Waals surface area contributed by atoms with Crippen LogP contribution in [-0.4, -0.2) is 18.0 Å². The molecule has 0 atom stereocenters. The summed E-state index contributed by atoms with van der Waals surface area (Å²) in [6, 6.07) is 4.32. The number of non-ortho nitro benzene ring substituents is 1. The Morgan fingerprint density at radius 3 is 2.78 bits per heavy atom. The molecule has 5 heteroatoms. The van der Waals surface area contributed by atoms with Gasteiger partial charge in [-0.25, -0.2) is 4.79 Å². The summed E-state index contributed by atoms with van der Waals surface area (Å²) in [5.41, 5.74) is 1.97. The van der Waals surface area contributed by atoms with Gasteiger partial charge in [-0.1, -0.05) is 6.08 Å². The molecule has 1 aromatic carbocycles. The predicted octanol–water partition coefficient (Wildman–Crippen LogP) is 2.95. The summed E-state index contributed by atoms with van der Waals surface area (Å²) < 4.78 is 4.68. The van der Waals surface area contributed by atoms with Crippen molar-refractivity contribution >= 4 is 17.2 Å². The highest BCUT2D eigenvalue weighted by atomic mass is 16.6. The third-order valence-electron chi connectivity index (χ3n) is 3.01. The number of rotatable bonds is 3. The second-order valence-electron chi connectivity index (χ2n) is 4.10. The zero-order valence-corrected chi connectivity index (χ0v) is 10.0. The third-order valence-corrected chi connectivity index (χ3v) is 3.01. The van der Waals surface area contributed by atoms with Gasteiger partial charge in [0, 0.05) is 12.1 Å². The topological polar surface area (TPSA) is 69.4 Å². The van der Waals surface area contributed by atoms with Crippen molar-refractivity contribution in [2.75, 3.05) is 7.11 Å². The van der Waals surface area contributed by atoms with E-state index < -0.39 is 10.9 Å². The number of hydrogen-bond donors (Lipinski definition) is 0. The molecular formula is C13H13NO4. The second kappa shape index (κ2) is 5.00. The van der Waals surface area contributed by atoms with Crippen molar-refractivity contribution in [3.8, 4) is 0 Å². The van der Waals surface area contributed by atoms with Gasteiger partial charge in [-0.15, -0.1) is 0 Å². The smallest absolute Gasteiger partial charge is 0.338 e. The highest BCUT2D eigenvalue weighted by Crippen LogP contribution is 2.32. The van der Waals surface area contributed by atoms with E-state index in [1.807, 2.05) is 0 Å². The van der Waals surface area contributed by atoms with Gasteiger partial charge in [0.2, 0.25) is 0 Å². The molecule has 0 radical (unpaired) electrons. The van der Waals surface area contributed by atoms with E-state index in [-0.39, 0.29) is 11.3 Å². The number of nitrogens with zero attached hydrogens (tertiary/aromatic N) is 1. The molecule has 0 aromatic heterocycles. The van der Waals surface area contributed by atoms with Crippen molar-refractivity contribution in [3.05, 3.63) is 45.5 Å². The van der Waals surface area contributed by atoms with Crippen LogP contribution in [0.3, 0.4) is 0 Å². The number of carbonyl (C=O) groups excluding carboxylic acids is 1. The molecule has 0 fully saturated rings. The van der Waals surface area contributed by atoms with Crippen LogP contribution in [0.25, 0.3) is 5.57 Å². The maximum atomic E-state index is 11.7. The zero-order chi connectivity index (χ0) is 13.1. The lowest BCUT2D eigenvalue weighted by molar-refractivity contribution is -0.384. The zero-order valence-electron chi connectivity index (χ0n) is 10.0. The Morgan fingerprint density at radius 2 is 2.22 bits per heavy atom. The lowest BCUT2D eigenvalue weighted by Gasteiger charge is -2.08. The fourth-order valence-corrected chi connectivity index (χ4v) is 2.12. The van der Waals surface area contributed by atoms with Crippen LogP contribution in [0, 0.1) is 10.1 Å². The lowest BCUT2D eigenvalue weighted by Crippen LogP contribution is -2.06. The van der Waals surface area contributed by atoms with Crippen LogP contribution in [0.4, 0.5) is 5.69 Å². The number of allylic oxidation sites excluding steroid dienone is 2. The molecule has 18 heavy (non-hydrogen) atoms. The number of nitro groups is 1. The summed E-state index contributed by atoms with van der Waals surface area (Å²) in [5, 5.41) is 10.7. The Kier molecular flexibility index (Phi) is 3.41. The summed E-state index contributed by atoms with van der Waals surface area (Å²) in [5.74, 6) is -0.540. The fourth-order valence-electron chi connectivity index (χ4n) is 2.12. The van der Waals surface area contributed by atoms with Crippen molar-refractivity contribution < 1.29 is 14.5 Å². The molecule has 1 aliphatic rings. The van der Waals surface area contributed by atoms with Gasteiger partial charge in [-0.3, -0.25) is 10.1 Å². The number of esters is 1. The van der Waals surface area contributed by atoms with Crippen LogP contribution in [0.2, 0.25) is 0 Å². The molecule has 0 N–H and O–H groups in total. The summed E-state index contributed by atoms with van der Waals surface area (Å²) >= 11 is 0. The average molecular weight is 247 g/mol. The molecule has 0 saturated carbocycles. The first kappa shape index (κ1) is 12.3. The number of benzene rings is 1.